The van der Waals surface area contributed by atoms with Crippen LogP contribution in [-0.2, 0) is 4.79 Å². The van der Waals surface area contributed by atoms with Crippen molar-refractivity contribution in [1.29, 1.82) is 0 Å². The normalized spacial score (nSPS) is 16.9. The molecule has 2 rings (SSSR count). The Kier molecular flexibility index (Phi) is 3.81. The second-order valence-electron chi connectivity index (χ2n) is 4.60. The van der Waals surface area contributed by atoms with Gasteiger partial charge in [0.1, 0.15) is 5.82 Å². The molecule has 3 N–H and O–H groups in total. The first-order valence-corrected chi connectivity index (χ1v) is 6.09. The van der Waals surface area contributed by atoms with Crippen molar-refractivity contribution in [3.05, 3.63) is 29.6 Å². The summed E-state index contributed by atoms with van der Waals surface area (Å²) in [6, 6.07) is 3.76. The van der Waals surface area contributed by atoms with Crippen LogP contribution < -0.4 is 10.6 Å². The minimum Gasteiger partial charge on any atom is -0.481 e. The van der Waals surface area contributed by atoms with Crippen molar-refractivity contribution in [3.8, 4) is 0 Å². The summed E-state index contributed by atoms with van der Waals surface area (Å²) in [7, 11) is 0. The van der Waals surface area contributed by atoms with Gasteiger partial charge in [0, 0.05) is 24.8 Å². The van der Waals surface area contributed by atoms with Crippen LogP contribution in [0.2, 0.25) is 0 Å². The summed E-state index contributed by atoms with van der Waals surface area (Å²) in [6.07, 6.45) is 2.01. The second kappa shape index (κ2) is 5.35. The summed E-state index contributed by atoms with van der Waals surface area (Å²) < 4.78 is 13.3. The summed E-state index contributed by atoms with van der Waals surface area (Å²) >= 11 is 0. The Labute approximate surface area is 105 Å². The van der Waals surface area contributed by atoms with Crippen molar-refractivity contribution in [2.45, 2.75) is 25.3 Å². The third kappa shape index (κ3) is 2.79. The van der Waals surface area contributed by atoms with E-state index in [1.54, 1.807) is 6.07 Å². The van der Waals surface area contributed by atoms with Crippen molar-refractivity contribution >= 4 is 11.7 Å². The SMILES string of the molecule is NC(CC(=O)O)c1cc(F)ccc1N1CCCC1. The highest BCUT2D eigenvalue weighted by Gasteiger charge is 2.21. The van der Waals surface area contributed by atoms with Gasteiger partial charge in [-0.3, -0.25) is 4.79 Å². The fourth-order valence-corrected chi connectivity index (χ4v) is 2.37. The van der Waals surface area contributed by atoms with E-state index in [-0.39, 0.29) is 12.2 Å². The molecule has 4 nitrogen and oxygen atoms in total. The van der Waals surface area contributed by atoms with Gasteiger partial charge < -0.3 is 15.7 Å². The molecule has 5 heteroatoms. The summed E-state index contributed by atoms with van der Waals surface area (Å²) in [5.41, 5.74) is 7.31. The minimum absolute atomic E-state index is 0.190. The molecule has 0 spiro atoms. The van der Waals surface area contributed by atoms with E-state index in [0.29, 0.717) is 5.56 Å². The van der Waals surface area contributed by atoms with Gasteiger partial charge in [0.05, 0.1) is 6.42 Å². The van der Waals surface area contributed by atoms with Crippen molar-refractivity contribution in [2.75, 3.05) is 18.0 Å². The Balaban J connectivity index is 2.30. The number of nitrogens with zero attached hydrogens (tertiary/aromatic N) is 1. The largest absolute Gasteiger partial charge is 0.481 e. The summed E-state index contributed by atoms with van der Waals surface area (Å²) in [4.78, 5) is 12.8. The zero-order chi connectivity index (χ0) is 13.1. The number of nitrogens with two attached hydrogens (primary N) is 1. The molecule has 18 heavy (non-hydrogen) atoms. The maximum Gasteiger partial charge on any atom is 0.305 e. The Morgan fingerprint density at radius 2 is 2.11 bits per heavy atom. The van der Waals surface area contributed by atoms with Crippen LogP contribution in [-0.4, -0.2) is 24.2 Å². The van der Waals surface area contributed by atoms with E-state index < -0.39 is 12.0 Å². The summed E-state index contributed by atoms with van der Waals surface area (Å²) in [5, 5.41) is 8.78. The predicted molar refractivity (Wildman–Crippen MR) is 67.0 cm³/mol. The highest BCUT2D eigenvalue weighted by atomic mass is 19.1. The molecule has 1 unspecified atom stereocenters. The zero-order valence-electron chi connectivity index (χ0n) is 10.1. The first-order valence-electron chi connectivity index (χ1n) is 6.09. The molecule has 0 aliphatic carbocycles. The molecular weight excluding hydrogens is 235 g/mol. The van der Waals surface area contributed by atoms with E-state index in [2.05, 4.69) is 4.90 Å². The molecule has 1 heterocycles. The predicted octanol–water partition coefficient (Wildman–Crippen LogP) is 1.90. The lowest BCUT2D eigenvalue weighted by atomic mass is 10.0. The van der Waals surface area contributed by atoms with E-state index in [9.17, 15) is 9.18 Å². The van der Waals surface area contributed by atoms with E-state index in [1.165, 1.54) is 12.1 Å². The molecular formula is C13H17FN2O2. The lowest BCUT2D eigenvalue weighted by Gasteiger charge is -2.24. The third-order valence-corrected chi connectivity index (χ3v) is 3.23. The molecule has 1 aromatic carbocycles. The van der Waals surface area contributed by atoms with Crippen LogP contribution in [0, 0.1) is 5.82 Å². The summed E-state index contributed by atoms with van der Waals surface area (Å²) in [6.45, 7) is 1.83. The number of rotatable bonds is 4. The average molecular weight is 252 g/mol. The molecule has 0 saturated carbocycles. The van der Waals surface area contributed by atoms with Crippen LogP contribution >= 0.6 is 0 Å². The number of aliphatic carboxylic acids is 1. The molecule has 1 aliphatic heterocycles. The minimum atomic E-state index is -0.973. The molecule has 98 valence electrons. The Morgan fingerprint density at radius 3 is 2.72 bits per heavy atom. The topological polar surface area (TPSA) is 66.6 Å². The number of anilines is 1. The lowest BCUT2D eigenvalue weighted by Crippen LogP contribution is -2.23. The van der Waals surface area contributed by atoms with E-state index in [4.69, 9.17) is 10.8 Å². The Bertz CT molecular complexity index is 445. The highest BCUT2D eigenvalue weighted by Crippen LogP contribution is 2.30. The monoisotopic (exact) mass is 252 g/mol. The zero-order valence-corrected chi connectivity index (χ0v) is 10.1. The lowest BCUT2D eigenvalue weighted by molar-refractivity contribution is -0.137. The van der Waals surface area contributed by atoms with Crippen LogP contribution in [0.4, 0.5) is 10.1 Å². The Hall–Kier alpha value is -1.62. The van der Waals surface area contributed by atoms with Gasteiger partial charge in [0.25, 0.3) is 0 Å². The van der Waals surface area contributed by atoms with Crippen molar-refractivity contribution in [2.24, 2.45) is 5.73 Å². The van der Waals surface area contributed by atoms with Gasteiger partial charge in [-0.15, -0.1) is 0 Å². The molecule has 0 aromatic heterocycles. The highest BCUT2D eigenvalue weighted by molar-refractivity contribution is 5.69. The van der Waals surface area contributed by atoms with Gasteiger partial charge in [0.15, 0.2) is 0 Å². The quantitative estimate of drug-likeness (QED) is 0.859. The number of benzene rings is 1. The van der Waals surface area contributed by atoms with Crippen LogP contribution in [0.25, 0.3) is 0 Å². The van der Waals surface area contributed by atoms with Gasteiger partial charge in [-0.05, 0) is 36.6 Å². The van der Waals surface area contributed by atoms with Crippen molar-refractivity contribution in [1.82, 2.24) is 0 Å². The molecule has 1 saturated heterocycles. The van der Waals surface area contributed by atoms with Gasteiger partial charge >= 0.3 is 5.97 Å². The standard InChI is InChI=1S/C13H17FN2O2/c14-9-3-4-12(16-5-1-2-6-16)10(7-9)11(15)8-13(17)18/h3-4,7,11H,1-2,5-6,8,15H2,(H,17,18). The Morgan fingerprint density at radius 1 is 1.44 bits per heavy atom. The fraction of sp³-hybridized carbons (Fsp3) is 0.462. The molecule has 0 bridgehead atoms. The average Bonchev–Trinajstić information content (AvgIpc) is 2.81. The second-order valence-corrected chi connectivity index (χ2v) is 4.60. The number of halogens is 1. The number of carboxylic acids is 1. The molecule has 1 aliphatic rings. The van der Waals surface area contributed by atoms with Crippen LogP contribution in [0.1, 0.15) is 30.9 Å². The van der Waals surface area contributed by atoms with E-state index >= 15 is 0 Å². The van der Waals surface area contributed by atoms with Crippen LogP contribution in [0.15, 0.2) is 18.2 Å². The van der Waals surface area contributed by atoms with Gasteiger partial charge in [-0.2, -0.15) is 0 Å². The number of carbonyl (C=O) groups is 1. The van der Waals surface area contributed by atoms with Gasteiger partial charge in [-0.25, -0.2) is 4.39 Å². The number of hydrogen-bond donors (Lipinski definition) is 2. The van der Waals surface area contributed by atoms with Crippen LogP contribution in [0.3, 0.4) is 0 Å². The molecule has 0 radical (unpaired) electrons. The summed E-state index contributed by atoms with van der Waals surface area (Å²) in [5.74, 6) is -1.35. The molecule has 1 aromatic rings. The van der Waals surface area contributed by atoms with Crippen molar-refractivity contribution in [3.63, 3.8) is 0 Å². The van der Waals surface area contributed by atoms with Crippen LogP contribution in [0.5, 0.6) is 0 Å². The molecule has 1 fully saturated rings. The molecule has 0 amide bonds. The molecule has 1 atom stereocenters. The first kappa shape index (κ1) is 12.8. The number of carboxylic acid groups (broad SMARTS) is 1. The van der Waals surface area contributed by atoms with Crippen molar-refractivity contribution < 1.29 is 14.3 Å². The van der Waals surface area contributed by atoms with Gasteiger partial charge in [-0.1, -0.05) is 0 Å². The number of hydrogen-bond acceptors (Lipinski definition) is 3. The first-order chi connectivity index (χ1) is 8.58. The smallest absolute Gasteiger partial charge is 0.305 e. The van der Waals surface area contributed by atoms with E-state index in [1.807, 2.05) is 0 Å². The van der Waals surface area contributed by atoms with E-state index in [0.717, 1.165) is 31.6 Å². The fourth-order valence-electron chi connectivity index (χ4n) is 2.37. The van der Waals surface area contributed by atoms with Gasteiger partial charge in [0.2, 0.25) is 0 Å². The maximum absolute atomic E-state index is 13.3. The third-order valence-electron chi connectivity index (χ3n) is 3.23. The maximum atomic E-state index is 13.3.